The van der Waals surface area contributed by atoms with Gasteiger partial charge in [0, 0.05) is 25.7 Å². The molecule has 4 rings (SSSR count). The molecule has 6 nitrogen and oxygen atoms in total. The third-order valence-corrected chi connectivity index (χ3v) is 4.52. The van der Waals surface area contributed by atoms with Crippen molar-refractivity contribution in [2.45, 2.75) is 20.0 Å². The van der Waals surface area contributed by atoms with Gasteiger partial charge in [-0.2, -0.15) is 0 Å². The summed E-state index contributed by atoms with van der Waals surface area (Å²) in [7, 11) is 1.60. The van der Waals surface area contributed by atoms with Crippen molar-refractivity contribution in [2.75, 3.05) is 23.9 Å². The third-order valence-electron chi connectivity index (χ3n) is 4.52. The van der Waals surface area contributed by atoms with Crippen LogP contribution in [0.25, 0.3) is 11.0 Å². The normalized spacial score (nSPS) is 13.6. The van der Waals surface area contributed by atoms with Gasteiger partial charge in [0.25, 0.3) is 0 Å². The van der Waals surface area contributed by atoms with Gasteiger partial charge in [-0.05, 0) is 30.3 Å². The molecule has 1 aliphatic heterocycles. The van der Waals surface area contributed by atoms with Crippen LogP contribution in [0.15, 0.2) is 42.5 Å². The van der Waals surface area contributed by atoms with Gasteiger partial charge < -0.3 is 19.5 Å². The lowest BCUT2D eigenvalue weighted by molar-refractivity contribution is -0.114. The van der Waals surface area contributed by atoms with E-state index in [1.165, 1.54) is 12.4 Å². The first-order valence-corrected chi connectivity index (χ1v) is 8.30. The zero-order chi connectivity index (χ0) is 17.4. The van der Waals surface area contributed by atoms with Crippen molar-refractivity contribution in [1.82, 2.24) is 9.55 Å². The number of para-hydroxylation sites is 2. The molecule has 0 aliphatic carbocycles. The molecule has 0 fully saturated rings. The van der Waals surface area contributed by atoms with Crippen LogP contribution in [-0.4, -0.2) is 29.1 Å². The Morgan fingerprint density at radius 1 is 1.20 bits per heavy atom. The number of amides is 1. The first kappa shape index (κ1) is 15.5. The molecule has 128 valence electrons. The summed E-state index contributed by atoms with van der Waals surface area (Å²) in [5, 5.41) is 2.83. The van der Waals surface area contributed by atoms with Gasteiger partial charge >= 0.3 is 0 Å². The second kappa shape index (κ2) is 6.12. The van der Waals surface area contributed by atoms with E-state index in [2.05, 4.69) is 20.9 Å². The summed E-state index contributed by atoms with van der Waals surface area (Å²) in [4.78, 5) is 18.5. The number of fused-ring (bicyclic) bond motifs is 3. The maximum atomic E-state index is 11.4. The second-order valence-corrected chi connectivity index (χ2v) is 6.16. The minimum atomic E-state index is -0.115. The Balaban J connectivity index is 1.66. The first-order chi connectivity index (χ1) is 12.2. The van der Waals surface area contributed by atoms with E-state index in [0.29, 0.717) is 11.4 Å². The number of imidazole rings is 1. The smallest absolute Gasteiger partial charge is 0.221 e. The van der Waals surface area contributed by atoms with Crippen LogP contribution in [0.2, 0.25) is 0 Å². The Hall–Kier alpha value is -3.02. The number of carbonyl (C=O) groups is 1. The van der Waals surface area contributed by atoms with E-state index in [1.807, 2.05) is 36.4 Å². The summed E-state index contributed by atoms with van der Waals surface area (Å²) < 4.78 is 7.62. The van der Waals surface area contributed by atoms with Crippen LogP contribution in [0.3, 0.4) is 0 Å². The minimum Gasteiger partial charge on any atom is -0.495 e. The molecule has 0 spiro atoms. The van der Waals surface area contributed by atoms with Crippen molar-refractivity contribution in [2.24, 2.45) is 0 Å². The SMILES string of the molecule is COc1ccc(N2CCn3c(nc4ccccc43)C2)cc1NC(C)=O. The summed E-state index contributed by atoms with van der Waals surface area (Å²) in [6.45, 7) is 4.01. The van der Waals surface area contributed by atoms with Crippen molar-refractivity contribution in [1.29, 1.82) is 0 Å². The number of rotatable bonds is 3. The zero-order valence-corrected chi connectivity index (χ0v) is 14.3. The molecule has 3 aromatic rings. The lowest BCUT2D eigenvalue weighted by Gasteiger charge is -2.30. The van der Waals surface area contributed by atoms with Gasteiger partial charge in [-0.15, -0.1) is 0 Å². The highest BCUT2D eigenvalue weighted by Crippen LogP contribution is 2.32. The van der Waals surface area contributed by atoms with E-state index in [9.17, 15) is 4.79 Å². The average molecular weight is 336 g/mol. The lowest BCUT2D eigenvalue weighted by atomic mass is 10.2. The molecule has 1 N–H and O–H groups in total. The first-order valence-electron chi connectivity index (χ1n) is 8.30. The van der Waals surface area contributed by atoms with Crippen molar-refractivity contribution < 1.29 is 9.53 Å². The fourth-order valence-corrected chi connectivity index (χ4v) is 3.37. The van der Waals surface area contributed by atoms with Crippen molar-refractivity contribution in [3.8, 4) is 5.75 Å². The summed E-state index contributed by atoms with van der Waals surface area (Å²) in [6, 6.07) is 14.1. The molecule has 0 unspecified atom stereocenters. The number of hydrogen-bond donors (Lipinski definition) is 1. The quantitative estimate of drug-likeness (QED) is 0.799. The number of nitrogens with one attached hydrogen (secondary N) is 1. The molecule has 6 heteroatoms. The number of methoxy groups -OCH3 is 1. The van der Waals surface area contributed by atoms with Crippen LogP contribution in [0, 0.1) is 0 Å². The van der Waals surface area contributed by atoms with Gasteiger partial charge in [-0.25, -0.2) is 4.98 Å². The molecular weight excluding hydrogens is 316 g/mol. The predicted octanol–water partition coefficient (Wildman–Crippen LogP) is 3.02. The van der Waals surface area contributed by atoms with E-state index in [4.69, 9.17) is 9.72 Å². The van der Waals surface area contributed by atoms with Crippen molar-refractivity contribution in [3.05, 3.63) is 48.3 Å². The number of benzene rings is 2. The Bertz CT molecular complexity index is 948. The highest BCUT2D eigenvalue weighted by molar-refractivity contribution is 5.91. The number of nitrogens with zero attached hydrogens (tertiary/aromatic N) is 3. The molecule has 1 aromatic heterocycles. The van der Waals surface area contributed by atoms with Gasteiger partial charge in [0.2, 0.25) is 5.91 Å². The van der Waals surface area contributed by atoms with E-state index >= 15 is 0 Å². The van der Waals surface area contributed by atoms with Gasteiger partial charge in [0.1, 0.15) is 11.6 Å². The molecule has 0 saturated carbocycles. The summed E-state index contributed by atoms with van der Waals surface area (Å²) in [5.74, 6) is 1.60. The summed E-state index contributed by atoms with van der Waals surface area (Å²) in [6.07, 6.45) is 0. The van der Waals surface area contributed by atoms with Crippen molar-refractivity contribution in [3.63, 3.8) is 0 Å². The third kappa shape index (κ3) is 2.80. The maximum absolute atomic E-state index is 11.4. The Morgan fingerprint density at radius 2 is 2.04 bits per heavy atom. The van der Waals surface area contributed by atoms with E-state index < -0.39 is 0 Å². The topological polar surface area (TPSA) is 59.4 Å². The van der Waals surface area contributed by atoms with Crippen LogP contribution in [0.1, 0.15) is 12.7 Å². The summed E-state index contributed by atoms with van der Waals surface area (Å²) >= 11 is 0. The van der Waals surface area contributed by atoms with Crippen LogP contribution in [0.5, 0.6) is 5.75 Å². The van der Waals surface area contributed by atoms with E-state index in [-0.39, 0.29) is 5.91 Å². The fourth-order valence-electron chi connectivity index (χ4n) is 3.37. The number of carbonyl (C=O) groups excluding carboxylic acids is 1. The Labute approximate surface area is 146 Å². The van der Waals surface area contributed by atoms with Gasteiger partial charge in [0.05, 0.1) is 30.4 Å². The molecule has 1 amide bonds. The lowest BCUT2D eigenvalue weighted by Crippen LogP contribution is -2.33. The standard InChI is InChI=1S/C19H20N4O2/c1-13(24)20-16-11-14(7-8-18(16)25-2)22-9-10-23-17-6-4-3-5-15(17)21-19(23)12-22/h3-8,11H,9-10,12H2,1-2H3,(H,20,24). The predicted molar refractivity (Wildman–Crippen MR) is 98.1 cm³/mol. The maximum Gasteiger partial charge on any atom is 0.221 e. The molecule has 0 bridgehead atoms. The zero-order valence-electron chi connectivity index (χ0n) is 14.3. The largest absolute Gasteiger partial charge is 0.495 e. The fraction of sp³-hybridized carbons (Fsp3) is 0.263. The number of ether oxygens (including phenoxy) is 1. The molecule has 0 atom stereocenters. The van der Waals surface area contributed by atoms with Crippen LogP contribution in [-0.2, 0) is 17.9 Å². The van der Waals surface area contributed by atoms with Crippen LogP contribution < -0.4 is 15.0 Å². The molecule has 25 heavy (non-hydrogen) atoms. The summed E-state index contributed by atoms with van der Waals surface area (Å²) in [5.41, 5.74) is 3.95. The van der Waals surface area contributed by atoms with Gasteiger partial charge in [0.15, 0.2) is 0 Å². The van der Waals surface area contributed by atoms with Crippen LogP contribution >= 0.6 is 0 Å². The van der Waals surface area contributed by atoms with Gasteiger partial charge in [-0.3, -0.25) is 4.79 Å². The Kier molecular flexibility index (Phi) is 3.80. The number of aromatic nitrogens is 2. The van der Waals surface area contributed by atoms with Crippen molar-refractivity contribution >= 4 is 28.3 Å². The Morgan fingerprint density at radius 3 is 2.84 bits per heavy atom. The second-order valence-electron chi connectivity index (χ2n) is 6.16. The molecule has 0 saturated heterocycles. The molecular formula is C19H20N4O2. The monoisotopic (exact) mass is 336 g/mol. The highest BCUT2D eigenvalue weighted by Gasteiger charge is 2.21. The van der Waals surface area contributed by atoms with Crippen LogP contribution in [0.4, 0.5) is 11.4 Å². The molecule has 1 aliphatic rings. The minimum absolute atomic E-state index is 0.115. The molecule has 0 radical (unpaired) electrons. The number of hydrogen-bond acceptors (Lipinski definition) is 4. The van der Waals surface area contributed by atoms with E-state index in [1.54, 1.807) is 7.11 Å². The molecule has 2 aromatic carbocycles. The van der Waals surface area contributed by atoms with E-state index in [0.717, 1.165) is 36.7 Å². The number of anilines is 2. The highest BCUT2D eigenvalue weighted by atomic mass is 16.5. The molecule has 2 heterocycles. The average Bonchev–Trinajstić information content (AvgIpc) is 2.99. The van der Waals surface area contributed by atoms with Gasteiger partial charge in [-0.1, -0.05) is 12.1 Å².